The molecular weight excluding hydrogens is 216 g/mol. The molecule has 2 rings (SSSR count). The average molecular weight is 240 g/mol. The summed E-state index contributed by atoms with van der Waals surface area (Å²) in [5.74, 6) is 0.130. The van der Waals surface area contributed by atoms with E-state index >= 15 is 0 Å². The molecule has 0 spiro atoms. The van der Waals surface area contributed by atoms with Gasteiger partial charge in [0.15, 0.2) is 0 Å². The summed E-state index contributed by atoms with van der Waals surface area (Å²) in [4.78, 5) is 12.0. The Labute approximate surface area is 103 Å². The number of nitrogens with one attached hydrogen (secondary N) is 2. The van der Waals surface area contributed by atoms with Gasteiger partial charge >= 0.3 is 0 Å². The first-order valence-corrected chi connectivity index (χ1v) is 6.75. The second-order valence-corrected chi connectivity index (χ2v) is 5.72. The zero-order valence-corrected chi connectivity index (χ0v) is 10.9. The maximum atomic E-state index is 12.0. The molecule has 2 atom stereocenters. The van der Waals surface area contributed by atoms with Crippen molar-refractivity contribution in [1.82, 2.24) is 10.6 Å². The molecule has 98 valence electrons. The molecule has 2 fully saturated rings. The summed E-state index contributed by atoms with van der Waals surface area (Å²) in [5, 5.41) is 6.52. The highest BCUT2D eigenvalue weighted by Gasteiger charge is 2.32. The number of ether oxygens (including phenoxy) is 1. The van der Waals surface area contributed by atoms with E-state index in [0.29, 0.717) is 12.6 Å². The largest absolute Gasteiger partial charge is 0.379 e. The van der Waals surface area contributed by atoms with Crippen molar-refractivity contribution >= 4 is 5.91 Å². The molecule has 0 aromatic carbocycles. The van der Waals surface area contributed by atoms with Crippen LogP contribution in [-0.2, 0) is 9.53 Å². The average Bonchev–Trinajstić information content (AvgIpc) is 2.90. The molecule has 1 saturated heterocycles. The third-order valence-corrected chi connectivity index (χ3v) is 3.88. The lowest BCUT2D eigenvalue weighted by Crippen LogP contribution is -2.54. The molecule has 0 bridgehead atoms. The molecule has 0 radical (unpaired) electrons. The van der Waals surface area contributed by atoms with Gasteiger partial charge in [-0.2, -0.15) is 0 Å². The van der Waals surface area contributed by atoms with Crippen LogP contribution in [0.1, 0.15) is 46.0 Å². The van der Waals surface area contributed by atoms with E-state index in [9.17, 15) is 4.79 Å². The Morgan fingerprint density at radius 1 is 1.41 bits per heavy atom. The van der Waals surface area contributed by atoms with Gasteiger partial charge in [0.05, 0.1) is 12.6 Å². The van der Waals surface area contributed by atoms with Gasteiger partial charge in [0.2, 0.25) is 5.91 Å². The Balaban J connectivity index is 1.78. The van der Waals surface area contributed by atoms with Crippen LogP contribution in [-0.4, -0.2) is 36.7 Å². The minimum Gasteiger partial charge on any atom is -0.379 e. The smallest absolute Gasteiger partial charge is 0.237 e. The second kappa shape index (κ2) is 5.36. The molecule has 0 aromatic rings. The summed E-state index contributed by atoms with van der Waals surface area (Å²) >= 11 is 0. The lowest BCUT2D eigenvalue weighted by atomic mass is 10.0. The molecule has 1 amide bonds. The van der Waals surface area contributed by atoms with Crippen molar-refractivity contribution in [3.05, 3.63) is 0 Å². The van der Waals surface area contributed by atoms with Crippen LogP contribution in [0.15, 0.2) is 0 Å². The van der Waals surface area contributed by atoms with Crippen molar-refractivity contribution in [3.8, 4) is 0 Å². The fraction of sp³-hybridized carbons (Fsp3) is 0.923. The van der Waals surface area contributed by atoms with Gasteiger partial charge in [-0.15, -0.1) is 0 Å². The first kappa shape index (κ1) is 12.8. The lowest BCUT2D eigenvalue weighted by molar-refractivity contribution is -0.124. The molecule has 17 heavy (non-hydrogen) atoms. The summed E-state index contributed by atoms with van der Waals surface area (Å²) in [6.07, 6.45) is 5.75. The van der Waals surface area contributed by atoms with E-state index in [-0.39, 0.29) is 17.5 Å². The molecule has 2 unspecified atom stereocenters. The van der Waals surface area contributed by atoms with E-state index in [1.54, 1.807) is 0 Å². The van der Waals surface area contributed by atoms with Crippen LogP contribution in [0.25, 0.3) is 0 Å². The lowest BCUT2D eigenvalue weighted by Gasteiger charge is -2.28. The monoisotopic (exact) mass is 240 g/mol. The molecular formula is C13H24N2O2. The summed E-state index contributed by atoms with van der Waals surface area (Å²) in [6.45, 7) is 5.56. The Bertz CT molecular complexity index is 269. The van der Waals surface area contributed by atoms with Crippen molar-refractivity contribution < 1.29 is 9.53 Å². The van der Waals surface area contributed by atoms with Gasteiger partial charge in [0.25, 0.3) is 0 Å². The van der Waals surface area contributed by atoms with Crippen molar-refractivity contribution in [3.63, 3.8) is 0 Å². The van der Waals surface area contributed by atoms with Crippen LogP contribution in [0, 0.1) is 0 Å². The quantitative estimate of drug-likeness (QED) is 0.776. The highest BCUT2D eigenvalue weighted by molar-refractivity contribution is 5.81. The zero-order chi connectivity index (χ0) is 12.3. The molecule has 2 N–H and O–H groups in total. The van der Waals surface area contributed by atoms with Crippen LogP contribution in [0.5, 0.6) is 0 Å². The maximum absolute atomic E-state index is 12.0. The van der Waals surface area contributed by atoms with Gasteiger partial charge in [-0.05, 0) is 33.1 Å². The number of amides is 1. The molecule has 0 aromatic heterocycles. The molecule has 4 heteroatoms. The summed E-state index contributed by atoms with van der Waals surface area (Å²) in [5.41, 5.74) is -0.0353. The molecule has 2 aliphatic rings. The topological polar surface area (TPSA) is 50.4 Å². The Hall–Kier alpha value is -0.610. The first-order chi connectivity index (χ1) is 8.09. The number of rotatable bonds is 4. The molecule has 1 aliphatic carbocycles. The standard InChI is InChI=1S/C13H24N2O2/c1-10(15-13(2)7-8-17-9-13)12(16)14-11-5-3-4-6-11/h10-11,15H,3-9H2,1-2H3,(H,14,16). The van der Waals surface area contributed by atoms with Crippen molar-refractivity contribution in [2.24, 2.45) is 0 Å². The highest BCUT2D eigenvalue weighted by Crippen LogP contribution is 2.19. The third kappa shape index (κ3) is 3.42. The third-order valence-electron chi connectivity index (χ3n) is 3.88. The normalized spacial score (nSPS) is 31.6. The van der Waals surface area contributed by atoms with E-state index in [2.05, 4.69) is 17.6 Å². The van der Waals surface area contributed by atoms with Crippen LogP contribution >= 0.6 is 0 Å². The second-order valence-electron chi connectivity index (χ2n) is 5.72. The Morgan fingerprint density at radius 3 is 2.71 bits per heavy atom. The molecule has 4 nitrogen and oxygen atoms in total. The fourth-order valence-electron chi connectivity index (χ4n) is 2.77. The summed E-state index contributed by atoms with van der Waals surface area (Å²) in [6, 6.07) is 0.265. The summed E-state index contributed by atoms with van der Waals surface area (Å²) < 4.78 is 5.38. The number of hydrogen-bond donors (Lipinski definition) is 2. The Kier molecular flexibility index (Phi) is 4.05. The molecule has 1 heterocycles. The highest BCUT2D eigenvalue weighted by atomic mass is 16.5. The van der Waals surface area contributed by atoms with E-state index < -0.39 is 0 Å². The van der Waals surface area contributed by atoms with E-state index in [4.69, 9.17) is 4.74 Å². The minimum absolute atomic E-state index is 0.0353. The Morgan fingerprint density at radius 2 is 2.12 bits per heavy atom. The van der Waals surface area contributed by atoms with Crippen LogP contribution in [0.3, 0.4) is 0 Å². The van der Waals surface area contributed by atoms with Gasteiger partial charge in [-0.25, -0.2) is 0 Å². The summed E-state index contributed by atoms with van der Waals surface area (Å²) in [7, 11) is 0. The fourth-order valence-corrected chi connectivity index (χ4v) is 2.77. The van der Waals surface area contributed by atoms with E-state index in [1.165, 1.54) is 12.8 Å². The number of carbonyl (C=O) groups excluding carboxylic acids is 1. The van der Waals surface area contributed by atoms with Crippen LogP contribution < -0.4 is 10.6 Å². The van der Waals surface area contributed by atoms with Crippen LogP contribution in [0.4, 0.5) is 0 Å². The van der Waals surface area contributed by atoms with E-state index in [1.807, 2.05) is 6.92 Å². The van der Waals surface area contributed by atoms with E-state index in [0.717, 1.165) is 25.9 Å². The number of carbonyl (C=O) groups is 1. The predicted molar refractivity (Wildman–Crippen MR) is 66.8 cm³/mol. The van der Waals surface area contributed by atoms with Gasteiger partial charge < -0.3 is 10.1 Å². The van der Waals surface area contributed by atoms with Gasteiger partial charge in [-0.3, -0.25) is 10.1 Å². The SMILES string of the molecule is CC(NC1(C)CCOC1)C(=O)NC1CCCC1. The minimum atomic E-state index is -0.137. The maximum Gasteiger partial charge on any atom is 0.237 e. The molecule has 1 saturated carbocycles. The zero-order valence-electron chi connectivity index (χ0n) is 10.9. The number of hydrogen-bond acceptors (Lipinski definition) is 3. The molecule has 1 aliphatic heterocycles. The van der Waals surface area contributed by atoms with Crippen molar-refractivity contribution in [1.29, 1.82) is 0 Å². The van der Waals surface area contributed by atoms with Gasteiger partial charge in [0.1, 0.15) is 0 Å². The van der Waals surface area contributed by atoms with Gasteiger partial charge in [-0.1, -0.05) is 12.8 Å². The van der Waals surface area contributed by atoms with Crippen LogP contribution in [0.2, 0.25) is 0 Å². The van der Waals surface area contributed by atoms with Crippen molar-refractivity contribution in [2.45, 2.75) is 63.6 Å². The van der Waals surface area contributed by atoms with Crippen molar-refractivity contribution in [2.75, 3.05) is 13.2 Å². The predicted octanol–water partition coefficient (Wildman–Crippen LogP) is 1.20. The van der Waals surface area contributed by atoms with Gasteiger partial charge in [0, 0.05) is 18.2 Å². The first-order valence-electron chi connectivity index (χ1n) is 6.75.